The van der Waals surface area contributed by atoms with E-state index in [9.17, 15) is 22.8 Å². The number of carbonyl (C=O) groups excluding carboxylic acids is 3. The number of hydrogen-bond acceptors (Lipinski definition) is 7. The number of sulfonamides is 1. The SMILES string of the molecule is C=C[C@@H]1C[C@@]1(NC(=O)C1CC(ON=C2c3ccccc3-c3ccccc32)CN1C(=O)[C@H]1C[C@@H]1c1ccccc1)C(=O)NS(=O)(=O)C1CC1. The van der Waals surface area contributed by atoms with Crippen molar-refractivity contribution in [1.82, 2.24) is 14.9 Å². The first-order valence-corrected chi connectivity index (χ1v) is 18.0. The van der Waals surface area contributed by atoms with Crippen LogP contribution < -0.4 is 10.0 Å². The highest BCUT2D eigenvalue weighted by Crippen LogP contribution is 2.50. The van der Waals surface area contributed by atoms with Gasteiger partial charge in [0.1, 0.15) is 23.4 Å². The Morgan fingerprint density at radius 3 is 2.12 bits per heavy atom. The van der Waals surface area contributed by atoms with Gasteiger partial charge in [0.15, 0.2) is 0 Å². The van der Waals surface area contributed by atoms with Crippen molar-refractivity contribution in [3.63, 3.8) is 0 Å². The lowest BCUT2D eigenvalue weighted by atomic mass is 10.1. The minimum atomic E-state index is -3.83. The van der Waals surface area contributed by atoms with Gasteiger partial charge in [-0.15, -0.1) is 6.58 Å². The van der Waals surface area contributed by atoms with Crippen LogP contribution in [0.3, 0.4) is 0 Å². The molecule has 1 aliphatic heterocycles. The van der Waals surface area contributed by atoms with Gasteiger partial charge < -0.3 is 15.1 Å². The number of fused-ring (bicyclic) bond motifs is 3. The molecule has 6 atom stereocenters. The van der Waals surface area contributed by atoms with Gasteiger partial charge in [0, 0.05) is 29.4 Å². The second-order valence-corrected chi connectivity index (χ2v) is 15.5. The molecule has 48 heavy (non-hydrogen) atoms. The number of rotatable bonds is 10. The Hall–Kier alpha value is -4.77. The minimum Gasteiger partial charge on any atom is -0.390 e. The van der Waals surface area contributed by atoms with E-state index in [1.807, 2.05) is 78.9 Å². The van der Waals surface area contributed by atoms with Crippen molar-refractivity contribution >= 4 is 33.5 Å². The molecule has 3 amide bonds. The maximum Gasteiger partial charge on any atom is 0.259 e. The van der Waals surface area contributed by atoms with Crippen molar-refractivity contribution < 1.29 is 27.6 Å². The maximum atomic E-state index is 14.1. The molecule has 0 radical (unpaired) electrons. The number of oxime groups is 1. The summed E-state index contributed by atoms with van der Waals surface area (Å²) in [5, 5.41) is 6.87. The van der Waals surface area contributed by atoms with Crippen LogP contribution in [0.5, 0.6) is 0 Å². The third-order valence-corrected chi connectivity index (χ3v) is 12.2. The highest BCUT2D eigenvalue weighted by Gasteiger charge is 2.62. The van der Waals surface area contributed by atoms with E-state index in [2.05, 4.69) is 21.8 Å². The lowest BCUT2D eigenvalue weighted by Gasteiger charge is -2.26. The first-order valence-electron chi connectivity index (χ1n) is 16.5. The van der Waals surface area contributed by atoms with E-state index in [1.54, 1.807) is 11.0 Å². The largest absolute Gasteiger partial charge is 0.390 e. The number of benzene rings is 3. The molecule has 3 aromatic carbocycles. The third-order valence-electron chi connectivity index (χ3n) is 10.4. The van der Waals surface area contributed by atoms with Gasteiger partial charge in [0.25, 0.3) is 5.91 Å². The van der Waals surface area contributed by atoms with Gasteiger partial charge >= 0.3 is 0 Å². The van der Waals surface area contributed by atoms with E-state index in [0.29, 0.717) is 25.0 Å². The highest BCUT2D eigenvalue weighted by molar-refractivity contribution is 7.91. The quantitative estimate of drug-likeness (QED) is 0.195. The molecule has 11 heteroatoms. The first kappa shape index (κ1) is 30.6. The molecule has 4 aliphatic carbocycles. The fourth-order valence-corrected chi connectivity index (χ4v) is 8.72. The van der Waals surface area contributed by atoms with E-state index in [-0.39, 0.29) is 37.1 Å². The molecular formula is C37H36N4O6S. The maximum absolute atomic E-state index is 14.1. The predicted octanol–water partition coefficient (Wildman–Crippen LogP) is 3.88. The van der Waals surface area contributed by atoms with Gasteiger partial charge in [-0.05, 0) is 48.3 Å². The van der Waals surface area contributed by atoms with Crippen LogP contribution in [0, 0.1) is 11.8 Å². The standard InChI is InChI=1S/C37H36N4O6S/c1-2-23-20-37(23,36(44)40-48(45,46)25-16-17-25)38-34(42)32-18-24(21-41(32)35(43)31-19-30(31)22-10-4-3-5-11-22)47-39-33-28-14-8-6-12-26(28)27-13-7-9-15-29(27)33/h2-15,23-25,30-32H,1,16-21H2,(H,38,42)(H,40,44)/t23-,24?,30-,31+,32?,37+/m1/s1. The third kappa shape index (κ3) is 5.30. The zero-order chi connectivity index (χ0) is 33.2. The van der Waals surface area contributed by atoms with Gasteiger partial charge in [-0.2, -0.15) is 0 Å². The van der Waals surface area contributed by atoms with Gasteiger partial charge in [0.2, 0.25) is 21.8 Å². The zero-order valence-electron chi connectivity index (χ0n) is 26.2. The number of carbonyl (C=O) groups is 3. The zero-order valence-corrected chi connectivity index (χ0v) is 27.1. The van der Waals surface area contributed by atoms with Crippen LogP contribution in [0.15, 0.2) is 96.7 Å². The predicted molar refractivity (Wildman–Crippen MR) is 179 cm³/mol. The van der Waals surface area contributed by atoms with Crippen LogP contribution in [0.1, 0.15) is 54.7 Å². The molecule has 8 rings (SSSR count). The summed E-state index contributed by atoms with van der Waals surface area (Å²) in [4.78, 5) is 49.2. The first-order chi connectivity index (χ1) is 23.2. The highest BCUT2D eigenvalue weighted by atomic mass is 32.2. The average Bonchev–Trinajstić information content (AvgIpc) is 4.02. The molecule has 0 aromatic heterocycles. The smallest absolute Gasteiger partial charge is 0.259 e. The van der Waals surface area contributed by atoms with Gasteiger partial charge in [0.05, 0.1) is 11.8 Å². The second kappa shape index (κ2) is 11.4. The molecule has 2 unspecified atom stereocenters. The van der Waals surface area contributed by atoms with E-state index in [1.165, 1.54) is 0 Å². The molecule has 3 aromatic rings. The molecule has 0 spiro atoms. The van der Waals surface area contributed by atoms with Crippen LogP contribution in [0.25, 0.3) is 11.1 Å². The summed E-state index contributed by atoms with van der Waals surface area (Å²) in [6.45, 7) is 3.94. The van der Waals surface area contributed by atoms with Crippen LogP contribution in [0.4, 0.5) is 0 Å². The fraction of sp³-hybridized carbons (Fsp3) is 0.351. The molecule has 2 N–H and O–H groups in total. The Labute approximate surface area is 279 Å². The Morgan fingerprint density at radius 1 is 0.896 bits per heavy atom. The number of likely N-dealkylation sites (tertiary alicyclic amines) is 1. The van der Waals surface area contributed by atoms with Crippen molar-refractivity contribution in [2.24, 2.45) is 17.0 Å². The summed E-state index contributed by atoms with van der Waals surface area (Å²) in [5.41, 5.74) is 4.33. The summed E-state index contributed by atoms with van der Waals surface area (Å²) in [6, 6.07) is 24.8. The summed E-state index contributed by atoms with van der Waals surface area (Å²) in [6.07, 6.45) is 3.03. The second-order valence-electron chi connectivity index (χ2n) is 13.5. The average molecular weight is 665 g/mol. The molecular weight excluding hydrogens is 628 g/mol. The monoisotopic (exact) mass is 664 g/mol. The Morgan fingerprint density at radius 2 is 1.52 bits per heavy atom. The van der Waals surface area contributed by atoms with Crippen molar-refractivity contribution in [2.45, 2.75) is 61.0 Å². The van der Waals surface area contributed by atoms with E-state index in [0.717, 1.165) is 27.8 Å². The summed E-state index contributed by atoms with van der Waals surface area (Å²) < 4.78 is 27.4. The van der Waals surface area contributed by atoms with E-state index in [4.69, 9.17) is 4.84 Å². The van der Waals surface area contributed by atoms with Crippen LogP contribution in [-0.4, -0.2) is 66.2 Å². The molecule has 3 saturated carbocycles. The fourth-order valence-electron chi connectivity index (χ4n) is 7.35. The summed E-state index contributed by atoms with van der Waals surface area (Å²) >= 11 is 0. The van der Waals surface area contributed by atoms with Crippen molar-refractivity contribution in [3.05, 3.63) is 108 Å². The summed E-state index contributed by atoms with van der Waals surface area (Å²) in [5.74, 6) is -2.10. The van der Waals surface area contributed by atoms with Crippen LogP contribution in [-0.2, 0) is 29.2 Å². The Kier molecular flexibility index (Phi) is 7.28. The number of amides is 3. The molecule has 4 fully saturated rings. The number of hydrogen-bond donors (Lipinski definition) is 2. The molecule has 0 bridgehead atoms. The molecule has 5 aliphatic rings. The van der Waals surface area contributed by atoms with Gasteiger partial charge in [-0.3, -0.25) is 19.1 Å². The topological polar surface area (TPSA) is 134 Å². The van der Waals surface area contributed by atoms with E-state index < -0.39 is 50.7 Å². The van der Waals surface area contributed by atoms with Crippen LogP contribution in [0.2, 0.25) is 0 Å². The Balaban J connectivity index is 1.05. The lowest BCUT2D eigenvalue weighted by molar-refractivity contribution is -0.140. The van der Waals surface area contributed by atoms with Crippen molar-refractivity contribution in [1.29, 1.82) is 0 Å². The van der Waals surface area contributed by atoms with Crippen molar-refractivity contribution in [2.75, 3.05) is 6.54 Å². The Bertz CT molecular complexity index is 1930. The molecule has 1 saturated heterocycles. The number of nitrogens with zero attached hydrogens (tertiary/aromatic N) is 2. The minimum absolute atomic E-state index is 0.0624. The number of nitrogens with one attached hydrogen (secondary N) is 2. The molecule has 10 nitrogen and oxygen atoms in total. The lowest BCUT2D eigenvalue weighted by Crippen LogP contribution is -2.56. The van der Waals surface area contributed by atoms with Gasteiger partial charge in [-0.25, -0.2) is 8.42 Å². The molecule has 246 valence electrons. The normalized spacial score (nSPS) is 28.1. The molecule has 1 heterocycles. The van der Waals surface area contributed by atoms with E-state index >= 15 is 0 Å². The van der Waals surface area contributed by atoms with Crippen LogP contribution >= 0.6 is 0 Å². The summed E-state index contributed by atoms with van der Waals surface area (Å²) in [7, 11) is -3.83. The van der Waals surface area contributed by atoms with Gasteiger partial charge in [-0.1, -0.05) is 90.1 Å². The van der Waals surface area contributed by atoms with Crippen molar-refractivity contribution in [3.8, 4) is 11.1 Å².